The summed E-state index contributed by atoms with van der Waals surface area (Å²) in [7, 11) is 1.70. The highest BCUT2D eigenvalue weighted by molar-refractivity contribution is 5.92. The van der Waals surface area contributed by atoms with Crippen LogP contribution in [0.3, 0.4) is 0 Å². The Bertz CT molecular complexity index is 771. The van der Waals surface area contributed by atoms with Crippen LogP contribution < -0.4 is 4.90 Å². The van der Waals surface area contributed by atoms with Crippen LogP contribution in [-0.4, -0.2) is 45.1 Å². The van der Waals surface area contributed by atoms with Crippen LogP contribution >= 0.6 is 0 Å². The SMILES string of the molecule is Cc1nn(C)c2nccc(N3C[C@@H](C(F)(F)F)[C@H](C(=O)O)C3)c12. The summed E-state index contributed by atoms with van der Waals surface area (Å²) in [6, 6.07) is 1.61. The molecule has 2 atom stereocenters. The smallest absolute Gasteiger partial charge is 0.394 e. The zero-order chi connectivity index (χ0) is 16.9. The molecule has 3 rings (SSSR count). The first-order valence-electron chi connectivity index (χ1n) is 7.03. The lowest BCUT2D eigenvalue weighted by molar-refractivity contribution is -0.187. The number of anilines is 1. The molecule has 9 heteroatoms. The van der Waals surface area contributed by atoms with E-state index >= 15 is 0 Å². The molecule has 124 valence electrons. The molecule has 1 aliphatic heterocycles. The number of aliphatic carboxylic acids is 1. The first-order chi connectivity index (χ1) is 10.7. The van der Waals surface area contributed by atoms with Gasteiger partial charge in [-0.1, -0.05) is 0 Å². The molecule has 2 aromatic heterocycles. The Hall–Kier alpha value is -2.32. The summed E-state index contributed by atoms with van der Waals surface area (Å²) in [6.45, 7) is 1.18. The Morgan fingerprint density at radius 3 is 2.65 bits per heavy atom. The number of carbonyl (C=O) groups is 1. The number of aromatic nitrogens is 3. The fraction of sp³-hybridized carbons (Fsp3) is 0.500. The maximum Gasteiger partial charge on any atom is 0.394 e. The molecule has 6 nitrogen and oxygen atoms in total. The van der Waals surface area contributed by atoms with E-state index in [-0.39, 0.29) is 13.1 Å². The van der Waals surface area contributed by atoms with E-state index in [1.807, 2.05) is 0 Å². The molecule has 1 N–H and O–H groups in total. The van der Waals surface area contributed by atoms with Crippen LogP contribution in [0, 0.1) is 18.8 Å². The van der Waals surface area contributed by atoms with E-state index in [0.717, 1.165) is 0 Å². The van der Waals surface area contributed by atoms with E-state index in [2.05, 4.69) is 10.1 Å². The van der Waals surface area contributed by atoms with Crippen LogP contribution in [0.5, 0.6) is 0 Å². The topological polar surface area (TPSA) is 71.2 Å². The Balaban J connectivity index is 2.05. The second kappa shape index (κ2) is 5.10. The minimum Gasteiger partial charge on any atom is -0.481 e. The molecule has 0 bridgehead atoms. The van der Waals surface area contributed by atoms with Gasteiger partial charge in [-0.2, -0.15) is 18.3 Å². The lowest BCUT2D eigenvalue weighted by atomic mass is 9.96. The molecule has 1 fully saturated rings. The highest BCUT2D eigenvalue weighted by atomic mass is 19.4. The van der Waals surface area contributed by atoms with Crippen molar-refractivity contribution in [2.24, 2.45) is 18.9 Å². The van der Waals surface area contributed by atoms with Gasteiger partial charge in [-0.05, 0) is 13.0 Å². The summed E-state index contributed by atoms with van der Waals surface area (Å²) in [5.74, 6) is -4.79. The van der Waals surface area contributed by atoms with Gasteiger partial charge in [0.05, 0.1) is 28.6 Å². The van der Waals surface area contributed by atoms with Gasteiger partial charge in [0.15, 0.2) is 5.65 Å². The molecule has 2 aromatic rings. The number of halogens is 3. The van der Waals surface area contributed by atoms with Gasteiger partial charge >= 0.3 is 12.1 Å². The van der Waals surface area contributed by atoms with Gasteiger partial charge in [-0.3, -0.25) is 9.48 Å². The summed E-state index contributed by atoms with van der Waals surface area (Å²) in [5, 5.41) is 14.0. The Morgan fingerprint density at radius 1 is 1.39 bits per heavy atom. The maximum atomic E-state index is 13.1. The highest BCUT2D eigenvalue weighted by Gasteiger charge is 2.52. The third-order valence-electron chi connectivity index (χ3n) is 4.28. The van der Waals surface area contributed by atoms with Gasteiger partial charge in [-0.25, -0.2) is 4.98 Å². The minimum absolute atomic E-state index is 0.188. The number of rotatable bonds is 2. The van der Waals surface area contributed by atoms with Crippen molar-refractivity contribution in [1.82, 2.24) is 14.8 Å². The Morgan fingerprint density at radius 2 is 2.09 bits per heavy atom. The van der Waals surface area contributed by atoms with Crippen LogP contribution in [-0.2, 0) is 11.8 Å². The number of carboxylic acids is 1. The maximum absolute atomic E-state index is 13.1. The molecule has 1 saturated heterocycles. The quantitative estimate of drug-likeness (QED) is 0.913. The molecular formula is C14H15F3N4O2. The minimum atomic E-state index is -4.55. The van der Waals surface area contributed by atoms with Gasteiger partial charge in [0.2, 0.25) is 0 Å². The molecule has 0 radical (unpaired) electrons. The number of alkyl halides is 3. The van der Waals surface area contributed by atoms with Gasteiger partial charge in [0.25, 0.3) is 0 Å². The van der Waals surface area contributed by atoms with Crippen LogP contribution in [0.25, 0.3) is 11.0 Å². The normalized spacial score (nSPS) is 22.0. The lowest BCUT2D eigenvalue weighted by Gasteiger charge is -2.20. The summed E-state index contributed by atoms with van der Waals surface area (Å²) < 4.78 is 41.0. The summed E-state index contributed by atoms with van der Waals surface area (Å²) in [6.07, 6.45) is -3.05. The van der Waals surface area contributed by atoms with E-state index < -0.39 is 24.0 Å². The number of carboxylic acid groups (broad SMARTS) is 1. The van der Waals surface area contributed by atoms with Crippen LogP contribution in [0.15, 0.2) is 12.3 Å². The molecule has 0 spiro atoms. The fourth-order valence-corrected chi connectivity index (χ4v) is 3.20. The number of hydrogen-bond acceptors (Lipinski definition) is 4. The number of hydrogen-bond donors (Lipinski definition) is 1. The van der Waals surface area contributed by atoms with Gasteiger partial charge < -0.3 is 10.0 Å². The predicted octanol–water partition coefficient (Wildman–Crippen LogP) is 1.98. The predicted molar refractivity (Wildman–Crippen MR) is 76.1 cm³/mol. The average Bonchev–Trinajstić information content (AvgIpc) is 3.01. The molecule has 1 aliphatic rings. The van der Waals surface area contributed by atoms with E-state index in [1.54, 1.807) is 24.7 Å². The van der Waals surface area contributed by atoms with E-state index in [0.29, 0.717) is 22.4 Å². The molecule has 0 aliphatic carbocycles. The molecule has 0 saturated carbocycles. The molecule has 3 heterocycles. The van der Waals surface area contributed by atoms with Crippen molar-refractivity contribution in [3.8, 4) is 0 Å². The van der Waals surface area contributed by atoms with Gasteiger partial charge in [0, 0.05) is 26.3 Å². The van der Waals surface area contributed by atoms with Crippen molar-refractivity contribution in [1.29, 1.82) is 0 Å². The number of aryl methyl sites for hydroxylation is 2. The zero-order valence-electron chi connectivity index (χ0n) is 12.5. The molecular weight excluding hydrogens is 313 g/mol. The van der Waals surface area contributed by atoms with Crippen LogP contribution in [0.2, 0.25) is 0 Å². The van der Waals surface area contributed by atoms with Crippen molar-refractivity contribution >= 4 is 22.7 Å². The Labute approximate surface area is 129 Å². The number of nitrogens with zero attached hydrogens (tertiary/aromatic N) is 4. The van der Waals surface area contributed by atoms with Gasteiger partial charge in [0.1, 0.15) is 0 Å². The summed E-state index contributed by atoms with van der Waals surface area (Å²) >= 11 is 0. The van der Waals surface area contributed by atoms with Crippen molar-refractivity contribution in [3.63, 3.8) is 0 Å². The second-order valence-electron chi connectivity index (χ2n) is 5.74. The fourth-order valence-electron chi connectivity index (χ4n) is 3.20. The largest absolute Gasteiger partial charge is 0.481 e. The number of fused-ring (bicyclic) bond motifs is 1. The van der Waals surface area contributed by atoms with Crippen molar-refractivity contribution < 1.29 is 23.1 Å². The number of pyridine rings is 1. The van der Waals surface area contributed by atoms with E-state index in [9.17, 15) is 18.0 Å². The first kappa shape index (κ1) is 15.6. The standard InChI is InChI=1S/C14H15F3N4O2/c1-7-11-10(3-4-18-12(11)20(2)19-7)21-5-8(13(22)23)9(6-21)14(15,16)17/h3-4,8-9H,5-6H2,1-2H3,(H,22,23)/t8-,9-/m1/s1. The van der Waals surface area contributed by atoms with Gasteiger partial charge in [-0.15, -0.1) is 0 Å². The second-order valence-corrected chi connectivity index (χ2v) is 5.74. The monoisotopic (exact) mass is 328 g/mol. The highest BCUT2D eigenvalue weighted by Crippen LogP contribution is 2.41. The molecule has 0 unspecified atom stereocenters. The molecule has 0 aromatic carbocycles. The molecule has 23 heavy (non-hydrogen) atoms. The van der Waals surface area contributed by atoms with E-state index in [4.69, 9.17) is 5.11 Å². The van der Waals surface area contributed by atoms with Crippen molar-refractivity contribution in [3.05, 3.63) is 18.0 Å². The lowest BCUT2D eigenvalue weighted by Crippen LogP contribution is -2.33. The molecule has 0 amide bonds. The van der Waals surface area contributed by atoms with Crippen molar-refractivity contribution in [2.75, 3.05) is 18.0 Å². The van der Waals surface area contributed by atoms with E-state index in [1.165, 1.54) is 11.1 Å². The third kappa shape index (κ3) is 2.49. The van der Waals surface area contributed by atoms with Crippen LogP contribution in [0.1, 0.15) is 5.69 Å². The summed E-state index contributed by atoms with van der Waals surface area (Å²) in [5.41, 5.74) is 1.74. The third-order valence-corrected chi connectivity index (χ3v) is 4.28. The zero-order valence-corrected chi connectivity index (χ0v) is 12.5. The van der Waals surface area contributed by atoms with Crippen molar-refractivity contribution in [2.45, 2.75) is 13.1 Å². The Kier molecular flexibility index (Phi) is 3.46. The summed E-state index contributed by atoms with van der Waals surface area (Å²) in [4.78, 5) is 16.9. The van der Waals surface area contributed by atoms with Crippen LogP contribution in [0.4, 0.5) is 18.9 Å². The average molecular weight is 328 g/mol. The first-order valence-corrected chi connectivity index (χ1v) is 7.03.